The largest absolute Gasteiger partial charge is 0.416 e. The number of para-hydroxylation sites is 1. The Hall–Kier alpha value is -3.53. The lowest BCUT2D eigenvalue weighted by Crippen LogP contribution is -2.41. The summed E-state index contributed by atoms with van der Waals surface area (Å²) in [7, 11) is -4.54. The monoisotopic (exact) mass is 590 g/mol. The summed E-state index contributed by atoms with van der Waals surface area (Å²) in [6, 6.07) is 15.1. The number of anilines is 1. The van der Waals surface area contributed by atoms with E-state index in [9.17, 15) is 26.4 Å². The van der Waals surface area contributed by atoms with Crippen LogP contribution in [-0.2, 0) is 22.8 Å². The van der Waals surface area contributed by atoms with Crippen molar-refractivity contribution < 1.29 is 30.6 Å². The number of rotatable bonds is 10. The fourth-order valence-electron chi connectivity index (χ4n) is 4.42. The van der Waals surface area contributed by atoms with Crippen LogP contribution < -0.4 is 9.50 Å². The molecule has 10 heteroatoms. The first kappa shape index (κ1) is 32.0. The molecule has 1 atom stereocenters. The fourth-order valence-corrected chi connectivity index (χ4v) is 5.39. The van der Waals surface area contributed by atoms with Crippen LogP contribution >= 0.6 is 0 Å². The zero-order valence-corrected chi connectivity index (χ0v) is 24.9. The third-order valence-corrected chi connectivity index (χ3v) is 8.14. The van der Waals surface area contributed by atoms with Crippen molar-refractivity contribution in [3.63, 3.8) is 0 Å². The maximum absolute atomic E-state index is 13.7. The molecule has 3 rings (SSSR count). The van der Waals surface area contributed by atoms with E-state index in [1.807, 2.05) is 32.0 Å². The maximum atomic E-state index is 13.7. The number of alkyl halides is 3. The smallest absolute Gasteiger partial charge is 0.379 e. The molecular weight excluding hydrogens is 553 g/mol. The van der Waals surface area contributed by atoms with Crippen molar-refractivity contribution in [2.24, 2.45) is 0 Å². The topological polar surface area (TPSA) is 75.7 Å². The van der Waals surface area contributed by atoms with Crippen LogP contribution in [0.25, 0.3) is 0 Å². The summed E-state index contributed by atoms with van der Waals surface area (Å²) in [5.41, 5.74) is 2.36. The standard InChI is InChI=1S/C31H37F3N2O4S/c1-7-22(6)36(30(37)35-29-27(20(2)3)15-10-16-28(29)21(4)5)19-23-11-8-13-25(17-23)40-41(38,39)26-14-9-12-24(18-26)31(32,33)34/h8-18,20-22H,7,19H2,1-6H3,(H,35,37). The van der Waals surface area contributed by atoms with Crippen molar-refractivity contribution in [3.05, 3.63) is 89.0 Å². The second kappa shape index (κ2) is 13.0. The average molecular weight is 591 g/mol. The van der Waals surface area contributed by atoms with Crippen molar-refractivity contribution >= 4 is 21.8 Å². The number of nitrogens with one attached hydrogen (secondary N) is 1. The van der Waals surface area contributed by atoms with Gasteiger partial charge in [0, 0.05) is 18.3 Å². The molecule has 2 amide bonds. The summed E-state index contributed by atoms with van der Waals surface area (Å²) in [6.07, 6.45) is -4.02. The van der Waals surface area contributed by atoms with Crippen LogP contribution in [-0.4, -0.2) is 25.4 Å². The molecular formula is C31H37F3N2O4S. The highest BCUT2D eigenvalue weighted by Crippen LogP contribution is 2.34. The number of carbonyl (C=O) groups is 1. The second-order valence-electron chi connectivity index (χ2n) is 10.6. The van der Waals surface area contributed by atoms with E-state index < -0.39 is 26.8 Å². The number of amides is 2. The molecule has 0 aromatic heterocycles. The first-order valence-electron chi connectivity index (χ1n) is 13.5. The molecule has 0 aliphatic carbocycles. The highest BCUT2D eigenvalue weighted by Gasteiger charge is 2.32. The number of benzene rings is 3. The molecule has 3 aromatic carbocycles. The van der Waals surface area contributed by atoms with Crippen molar-refractivity contribution in [3.8, 4) is 5.75 Å². The number of nitrogens with zero attached hydrogens (tertiary/aromatic N) is 1. The van der Waals surface area contributed by atoms with Crippen molar-refractivity contribution in [1.82, 2.24) is 4.90 Å². The number of hydrogen-bond acceptors (Lipinski definition) is 4. The van der Waals surface area contributed by atoms with Crippen LogP contribution in [0, 0.1) is 0 Å². The summed E-state index contributed by atoms with van der Waals surface area (Å²) < 4.78 is 70.1. The first-order valence-corrected chi connectivity index (χ1v) is 15.0. The molecule has 0 saturated carbocycles. The Balaban J connectivity index is 1.88. The van der Waals surface area contributed by atoms with Gasteiger partial charge in [-0.1, -0.05) is 71.0 Å². The molecule has 0 fully saturated rings. The SMILES string of the molecule is CCC(C)N(Cc1cccc(OS(=O)(=O)c2cccc(C(F)(F)F)c2)c1)C(=O)Nc1c(C(C)C)cccc1C(C)C. The Morgan fingerprint density at radius 2 is 1.49 bits per heavy atom. The van der Waals surface area contributed by atoms with E-state index in [0.717, 1.165) is 35.0 Å². The van der Waals surface area contributed by atoms with Gasteiger partial charge in [0.15, 0.2) is 0 Å². The highest BCUT2D eigenvalue weighted by molar-refractivity contribution is 7.87. The van der Waals surface area contributed by atoms with Gasteiger partial charge in [-0.15, -0.1) is 0 Å². The first-order chi connectivity index (χ1) is 19.1. The van der Waals surface area contributed by atoms with Crippen LogP contribution in [0.5, 0.6) is 5.75 Å². The van der Waals surface area contributed by atoms with Gasteiger partial charge >= 0.3 is 22.3 Å². The van der Waals surface area contributed by atoms with E-state index in [1.54, 1.807) is 17.0 Å². The van der Waals surface area contributed by atoms with Gasteiger partial charge in [-0.3, -0.25) is 0 Å². The minimum Gasteiger partial charge on any atom is -0.379 e. The minimum absolute atomic E-state index is 0.0725. The third kappa shape index (κ3) is 8.03. The summed E-state index contributed by atoms with van der Waals surface area (Å²) in [5, 5.41) is 3.14. The zero-order valence-electron chi connectivity index (χ0n) is 24.1. The fraction of sp³-hybridized carbons (Fsp3) is 0.387. The van der Waals surface area contributed by atoms with Gasteiger partial charge in [-0.05, 0) is 72.2 Å². The number of halogens is 3. The van der Waals surface area contributed by atoms with E-state index in [2.05, 4.69) is 33.0 Å². The molecule has 0 aliphatic rings. The van der Waals surface area contributed by atoms with Crippen LogP contribution in [0.1, 0.15) is 82.1 Å². The number of carbonyl (C=O) groups excluding carboxylic acids is 1. The van der Waals surface area contributed by atoms with Gasteiger partial charge in [0.25, 0.3) is 0 Å². The second-order valence-corrected chi connectivity index (χ2v) is 12.2. The number of urea groups is 1. The molecule has 0 saturated heterocycles. The summed E-state index contributed by atoms with van der Waals surface area (Å²) >= 11 is 0. The molecule has 0 bridgehead atoms. The zero-order chi connectivity index (χ0) is 30.5. The predicted molar refractivity (Wildman–Crippen MR) is 155 cm³/mol. The van der Waals surface area contributed by atoms with Crippen molar-refractivity contribution in [1.29, 1.82) is 0 Å². The lowest BCUT2D eigenvalue weighted by molar-refractivity contribution is -0.137. The summed E-state index contributed by atoms with van der Waals surface area (Å²) in [4.78, 5) is 14.7. The van der Waals surface area contributed by atoms with E-state index in [1.165, 1.54) is 12.1 Å². The van der Waals surface area contributed by atoms with Gasteiger partial charge in [0.05, 0.1) is 5.56 Å². The molecule has 0 aliphatic heterocycles. The van der Waals surface area contributed by atoms with E-state index >= 15 is 0 Å². The third-order valence-electron chi connectivity index (χ3n) is 6.90. The van der Waals surface area contributed by atoms with Crippen LogP contribution in [0.4, 0.5) is 23.7 Å². The molecule has 0 spiro atoms. The Morgan fingerprint density at radius 3 is 2.05 bits per heavy atom. The molecule has 1 unspecified atom stereocenters. The van der Waals surface area contributed by atoms with Crippen molar-refractivity contribution in [2.75, 3.05) is 5.32 Å². The lowest BCUT2D eigenvalue weighted by Gasteiger charge is -2.30. The van der Waals surface area contributed by atoms with Crippen molar-refractivity contribution in [2.45, 2.75) is 83.5 Å². The minimum atomic E-state index is -4.70. The average Bonchev–Trinajstić information content (AvgIpc) is 2.90. The van der Waals surface area contributed by atoms with Gasteiger partial charge in [-0.2, -0.15) is 21.6 Å². The van der Waals surface area contributed by atoms with E-state index in [0.29, 0.717) is 18.1 Å². The molecule has 3 aromatic rings. The van der Waals surface area contributed by atoms with Gasteiger partial charge in [-0.25, -0.2) is 4.79 Å². The molecule has 41 heavy (non-hydrogen) atoms. The van der Waals surface area contributed by atoms with Crippen LogP contribution in [0.2, 0.25) is 0 Å². The Labute approximate surface area is 240 Å². The Morgan fingerprint density at radius 1 is 0.902 bits per heavy atom. The van der Waals surface area contributed by atoms with E-state index in [-0.39, 0.29) is 36.2 Å². The Bertz CT molecular complexity index is 1440. The molecule has 222 valence electrons. The lowest BCUT2D eigenvalue weighted by atomic mass is 9.92. The summed E-state index contributed by atoms with van der Waals surface area (Å²) in [5.74, 6) is 0.305. The van der Waals surface area contributed by atoms with Gasteiger partial charge < -0.3 is 14.4 Å². The quantitative estimate of drug-likeness (QED) is 0.240. The molecule has 6 nitrogen and oxygen atoms in total. The number of hydrogen-bond donors (Lipinski definition) is 1. The van der Waals surface area contributed by atoms with Crippen LogP contribution in [0.3, 0.4) is 0 Å². The van der Waals surface area contributed by atoms with Crippen LogP contribution in [0.15, 0.2) is 71.6 Å². The molecule has 0 heterocycles. The van der Waals surface area contributed by atoms with E-state index in [4.69, 9.17) is 4.18 Å². The molecule has 0 radical (unpaired) electrons. The normalized spacial score (nSPS) is 12.9. The predicted octanol–water partition coefficient (Wildman–Crippen LogP) is 8.55. The maximum Gasteiger partial charge on any atom is 0.416 e. The Kier molecular flexibility index (Phi) is 10.1. The summed E-state index contributed by atoms with van der Waals surface area (Å²) in [6.45, 7) is 12.3. The van der Waals surface area contributed by atoms with Gasteiger partial charge in [0.1, 0.15) is 10.6 Å². The highest BCUT2D eigenvalue weighted by atomic mass is 32.2. The molecule has 1 N–H and O–H groups in total. The van der Waals surface area contributed by atoms with Gasteiger partial charge in [0.2, 0.25) is 0 Å².